The molecule has 1 unspecified atom stereocenters. The van der Waals surface area contributed by atoms with E-state index in [0.29, 0.717) is 5.13 Å². The lowest BCUT2D eigenvalue weighted by atomic mass is 11.0. The van der Waals surface area contributed by atoms with Gasteiger partial charge in [0.1, 0.15) is 4.21 Å². The van der Waals surface area contributed by atoms with Crippen LogP contribution in [0.3, 0.4) is 0 Å². The molecule has 0 saturated heterocycles. The highest BCUT2D eigenvalue weighted by molar-refractivity contribution is 7.81. The fourth-order valence-electron chi connectivity index (χ4n) is 0.353. The molecule has 1 atom stereocenters. The minimum absolute atomic E-state index is 0.285. The van der Waals surface area contributed by atoms with Gasteiger partial charge in [0.15, 0.2) is 16.2 Å². The van der Waals surface area contributed by atoms with Gasteiger partial charge in [-0.05, 0) is 0 Å². The zero-order valence-corrected chi connectivity index (χ0v) is 5.91. The van der Waals surface area contributed by atoms with Crippen LogP contribution in [0.2, 0.25) is 0 Å². The Labute approximate surface area is 58.0 Å². The Morgan fingerprint density at radius 3 is 2.78 bits per heavy atom. The predicted molar refractivity (Wildman–Crippen MR) is 35.6 cm³/mol. The maximum Gasteiger partial charge on any atom is 0.198 e. The van der Waals surface area contributed by atoms with Crippen LogP contribution >= 0.6 is 11.3 Å². The molecule has 0 aliphatic rings. The molecule has 0 saturated carbocycles. The van der Waals surface area contributed by atoms with Crippen LogP contribution in [-0.2, 0) is 11.1 Å². The molecule has 50 valence electrons. The molecule has 1 aromatic heterocycles. The van der Waals surface area contributed by atoms with Gasteiger partial charge in [0.25, 0.3) is 0 Å². The molecule has 0 fully saturated rings. The zero-order chi connectivity index (χ0) is 6.85. The molecular formula is C3H4N2O2S2. The number of nitrogens with zero attached hydrogens (tertiary/aromatic N) is 1. The Hall–Kier alpha value is -0.460. The summed E-state index contributed by atoms with van der Waals surface area (Å²) in [5.74, 6) is 0. The first-order valence-electron chi connectivity index (χ1n) is 2.02. The molecule has 1 heterocycles. The van der Waals surface area contributed by atoms with Crippen LogP contribution in [0.1, 0.15) is 0 Å². The van der Waals surface area contributed by atoms with Crippen molar-refractivity contribution in [3.63, 3.8) is 0 Å². The van der Waals surface area contributed by atoms with Crippen LogP contribution in [0, 0.1) is 0 Å². The number of aromatic nitrogens is 1. The number of rotatable bonds is 1. The second-order valence-corrected chi connectivity index (χ2v) is 3.53. The normalized spacial score (nSPS) is 13.4. The minimum atomic E-state index is -1.93. The summed E-state index contributed by atoms with van der Waals surface area (Å²) in [6, 6.07) is 0. The van der Waals surface area contributed by atoms with Crippen molar-refractivity contribution in [2.75, 3.05) is 5.73 Å². The monoisotopic (exact) mass is 164 g/mol. The molecule has 0 bridgehead atoms. The van der Waals surface area contributed by atoms with E-state index in [9.17, 15) is 4.21 Å². The molecule has 0 spiro atoms. The average Bonchev–Trinajstić information content (AvgIpc) is 2.14. The number of nitrogen functional groups attached to an aromatic ring is 1. The average molecular weight is 164 g/mol. The lowest BCUT2D eigenvalue weighted by Crippen LogP contribution is -1.80. The van der Waals surface area contributed by atoms with E-state index in [1.165, 1.54) is 6.20 Å². The third kappa shape index (κ3) is 1.47. The van der Waals surface area contributed by atoms with Crippen LogP contribution in [-0.4, -0.2) is 13.7 Å². The quantitative estimate of drug-likeness (QED) is 0.585. The summed E-state index contributed by atoms with van der Waals surface area (Å²) in [5, 5.41) is 0.312. The third-order valence-corrected chi connectivity index (χ3v) is 2.42. The molecule has 0 aliphatic carbocycles. The smallest absolute Gasteiger partial charge is 0.198 e. The molecule has 0 aromatic carbocycles. The Morgan fingerprint density at radius 2 is 2.56 bits per heavy atom. The molecule has 0 amide bonds. The summed E-state index contributed by atoms with van der Waals surface area (Å²) in [4.78, 5) is 3.58. The van der Waals surface area contributed by atoms with Gasteiger partial charge >= 0.3 is 0 Å². The van der Waals surface area contributed by atoms with Crippen molar-refractivity contribution in [3.05, 3.63) is 6.20 Å². The molecule has 0 aliphatic heterocycles. The van der Waals surface area contributed by atoms with Gasteiger partial charge in [-0.15, -0.1) is 0 Å². The van der Waals surface area contributed by atoms with Crippen molar-refractivity contribution >= 4 is 27.5 Å². The first-order chi connectivity index (χ1) is 4.20. The summed E-state index contributed by atoms with van der Waals surface area (Å²) in [7, 11) is 0. The Bertz CT molecular complexity index is 233. The van der Waals surface area contributed by atoms with Gasteiger partial charge in [0.2, 0.25) is 0 Å². The summed E-state index contributed by atoms with van der Waals surface area (Å²) in [5.41, 5.74) is 5.18. The Morgan fingerprint density at radius 1 is 1.89 bits per heavy atom. The summed E-state index contributed by atoms with van der Waals surface area (Å²) >= 11 is -0.920. The maximum absolute atomic E-state index is 10.2. The highest BCUT2D eigenvalue weighted by Crippen LogP contribution is 2.16. The Balaban J connectivity index is 2.98. The topological polar surface area (TPSA) is 76.2 Å². The summed E-state index contributed by atoms with van der Waals surface area (Å²) in [6.45, 7) is 0. The largest absolute Gasteiger partial charge is 0.375 e. The number of nitrogens with two attached hydrogens (primary N) is 1. The van der Waals surface area contributed by atoms with E-state index in [-0.39, 0.29) is 4.21 Å². The zero-order valence-electron chi connectivity index (χ0n) is 4.27. The van der Waals surface area contributed by atoms with Crippen LogP contribution in [0.25, 0.3) is 0 Å². The van der Waals surface area contributed by atoms with Crippen LogP contribution in [0.5, 0.6) is 0 Å². The lowest BCUT2D eigenvalue weighted by molar-refractivity contribution is 0.566. The van der Waals surface area contributed by atoms with Crippen LogP contribution in [0.4, 0.5) is 5.13 Å². The van der Waals surface area contributed by atoms with Gasteiger partial charge in [-0.2, -0.15) is 0 Å². The van der Waals surface area contributed by atoms with Crippen LogP contribution in [0.15, 0.2) is 10.4 Å². The van der Waals surface area contributed by atoms with Gasteiger partial charge in [-0.1, -0.05) is 11.3 Å². The molecule has 1 rings (SSSR count). The molecule has 1 aromatic rings. The van der Waals surface area contributed by atoms with Crippen molar-refractivity contribution in [2.24, 2.45) is 0 Å². The predicted octanol–water partition coefficient (Wildman–Crippen LogP) is 0.306. The standard InChI is InChI=1S/C3H4N2O2S2/c4-3-5-1-2(8-3)9(6)7/h1H,(H2,4,5)(H,6,7). The molecule has 3 N–H and O–H groups in total. The van der Waals surface area contributed by atoms with Crippen molar-refractivity contribution in [1.82, 2.24) is 4.98 Å². The van der Waals surface area contributed by atoms with E-state index in [0.717, 1.165) is 11.3 Å². The number of thiazole rings is 1. The van der Waals surface area contributed by atoms with Gasteiger partial charge in [0.05, 0.1) is 6.20 Å². The van der Waals surface area contributed by atoms with E-state index in [4.69, 9.17) is 10.3 Å². The fraction of sp³-hybridized carbons (Fsp3) is 0. The SMILES string of the molecule is Nc1ncc(S(=O)O)s1. The summed E-state index contributed by atoms with van der Waals surface area (Å²) in [6.07, 6.45) is 1.29. The van der Waals surface area contributed by atoms with E-state index in [1.54, 1.807) is 0 Å². The van der Waals surface area contributed by atoms with E-state index in [1.807, 2.05) is 0 Å². The Kier molecular flexibility index (Phi) is 1.79. The van der Waals surface area contributed by atoms with E-state index >= 15 is 0 Å². The van der Waals surface area contributed by atoms with Gasteiger partial charge in [-0.3, -0.25) is 0 Å². The second kappa shape index (κ2) is 2.42. The van der Waals surface area contributed by atoms with E-state index in [2.05, 4.69) is 4.98 Å². The fourth-order valence-corrected chi connectivity index (χ4v) is 1.45. The first kappa shape index (κ1) is 6.66. The van der Waals surface area contributed by atoms with Crippen molar-refractivity contribution in [2.45, 2.75) is 4.21 Å². The van der Waals surface area contributed by atoms with E-state index < -0.39 is 11.1 Å². The lowest BCUT2D eigenvalue weighted by Gasteiger charge is -1.79. The number of anilines is 1. The molecular weight excluding hydrogens is 160 g/mol. The molecule has 4 nitrogen and oxygen atoms in total. The molecule has 0 radical (unpaired) electrons. The number of hydrogen-bond acceptors (Lipinski definition) is 4. The first-order valence-corrected chi connectivity index (χ1v) is 3.94. The summed E-state index contributed by atoms with van der Waals surface area (Å²) < 4.78 is 18.9. The number of hydrogen-bond donors (Lipinski definition) is 2. The molecule has 6 heteroatoms. The highest BCUT2D eigenvalue weighted by atomic mass is 32.2. The minimum Gasteiger partial charge on any atom is -0.375 e. The third-order valence-electron chi connectivity index (χ3n) is 0.674. The molecule has 9 heavy (non-hydrogen) atoms. The van der Waals surface area contributed by atoms with Gasteiger partial charge < -0.3 is 10.3 Å². The maximum atomic E-state index is 10.2. The van der Waals surface area contributed by atoms with Gasteiger partial charge in [0, 0.05) is 0 Å². The second-order valence-electron chi connectivity index (χ2n) is 1.27. The van der Waals surface area contributed by atoms with Crippen molar-refractivity contribution in [1.29, 1.82) is 0 Å². The van der Waals surface area contributed by atoms with Crippen molar-refractivity contribution in [3.8, 4) is 0 Å². The highest BCUT2D eigenvalue weighted by Gasteiger charge is 2.02. The van der Waals surface area contributed by atoms with Crippen LogP contribution < -0.4 is 5.73 Å². The van der Waals surface area contributed by atoms with Gasteiger partial charge in [-0.25, -0.2) is 9.19 Å². The van der Waals surface area contributed by atoms with Crippen molar-refractivity contribution < 1.29 is 8.76 Å².